The van der Waals surface area contributed by atoms with Crippen molar-refractivity contribution in [2.45, 2.75) is 59.3 Å². The third-order valence-electron chi connectivity index (χ3n) is 6.82. The molecule has 0 radical (unpaired) electrons. The van der Waals surface area contributed by atoms with Crippen LogP contribution in [0.15, 0.2) is 76.1 Å². The van der Waals surface area contributed by atoms with Gasteiger partial charge >= 0.3 is 0 Å². The summed E-state index contributed by atoms with van der Waals surface area (Å²) in [5, 5.41) is 13.8. The summed E-state index contributed by atoms with van der Waals surface area (Å²) in [6.07, 6.45) is 3.28. The molecule has 5 rings (SSSR count). The Morgan fingerprint density at radius 2 is 1.89 bits per heavy atom. The SMILES string of the molecule is CC[C@@H](c1nnnn1CCc1ccccc1)N(Cc1ccco1)Cc1cc2cc(C)cc(C)c2[nH]c1=O. The summed E-state index contributed by atoms with van der Waals surface area (Å²) in [6.45, 7) is 7.85. The van der Waals surface area contributed by atoms with Gasteiger partial charge in [0.15, 0.2) is 5.82 Å². The van der Waals surface area contributed by atoms with Gasteiger partial charge in [-0.25, -0.2) is 4.68 Å². The van der Waals surface area contributed by atoms with E-state index in [2.05, 4.69) is 63.5 Å². The number of nitrogens with zero attached hydrogens (tertiary/aromatic N) is 5. The van der Waals surface area contributed by atoms with E-state index in [0.29, 0.717) is 25.2 Å². The maximum Gasteiger partial charge on any atom is 0.252 e. The Morgan fingerprint density at radius 1 is 1.05 bits per heavy atom. The number of hydrogen-bond acceptors (Lipinski definition) is 6. The minimum atomic E-state index is -0.106. The van der Waals surface area contributed by atoms with Gasteiger partial charge in [-0.1, -0.05) is 48.9 Å². The highest BCUT2D eigenvalue weighted by Crippen LogP contribution is 2.27. The van der Waals surface area contributed by atoms with Gasteiger partial charge < -0.3 is 9.40 Å². The van der Waals surface area contributed by atoms with Crippen molar-refractivity contribution >= 4 is 10.9 Å². The number of H-pyrrole nitrogens is 1. The summed E-state index contributed by atoms with van der Waals surface area (Å²) in [5.41, 5.74) is 4.97. The van der Waals surface area contributed by atoms with Crippen molar-refractivity contribution in [2.75, 3.05) is 0 Å². The Kier molecular flexibility index (Phi) is 7.28. The van der Waals surface area contributed by atoms with Crippen molar-refractivity contribution < 1.29 is 4.42 Å². The second-order valence-electron chi connectivity index (χ2n) is 9.57. The van der Waals surface area contributed by atoms with Crippen LogP contribution in [0.5, 0.6) is 0 Å². The smallest absolute Gasteiger partial charge is 0.252 e. The highest BCUT2D eigenvalue weighted by atomic mass is 16.3. The fraction of sp³-hybridized carbons (Fsp3) is 0.310. The van der Waals surface area contributed by atoms with Gasteiger partial charge in [0, 0.05) is 18.7 Å². The van der Waals surface area contributed by atoms with E-state index in [-0.39, 0.29) is 11.6 Å². The third-order valence-corrected chi connectivity index (χ3v) is 6.82. The predicted molar refractivity (Wildman–Crippen MR) is 143 cm³/mol. The molecule has 1 atom stereocenters. The van der Waals surface area contributed by atoms with Gasteiger partial charge in [-0.05, 0) is 77.9 Å². The number of rotatable bonds is 10. The molecule has 190 valence electrons. The van der Waals surface area contributed by atoms with Crippen molar-refractivity contribution in [2.24, 2.45) is 0 Å². The molecule has 37 heavy (non-hydrogen) atoms. The highest BCUT2D eigenvalue weighted by Gasteiger charge is 2.26. The number of benzene rings is 2. The lowest BCUT2D eigenvalue weighted by molar-refractivity contribution is 0.148. The minimum Gasteiger partial charge on any atom is -0.468 e. The summed E-state index contributed by atoms with van der Waals surface area (Å²) < 4.78 is 7.58. The van der Waals surface area contributed by atoms with E-state index in [0.717, 1.165) is 40.9 Å². The van der Waals surface area contributed by atoms with Gasteiger partial charge in [0.25, 0.3) is 5.56 Å². The molecule has 0 aliphatic heterocycles. The number of hydrogen-bond donors (Lipinski definition) is 1. The fourth-order valence-corrected chi connectivity index (χ4v) is 5.04. The highest BCUT2D eigenvalue weighted by molar-refractivity contribution is 5.82. The van der Waals surface area contributed by atoms with Gasteiger partial charge in [0.1, 0.15) is 5.76 Å². The van der Waals surface area contributed by atoms with Gasteiger partial charge in [0.2, 0.25) is 0 Å². The third kappa shape index (κ3) is 5.54. The largest absolute Gasteiger partial charge is 0.468 e. The Morgan fingerprint density at radius 3 is 2.65 bits per heavy atom. The van der Waals surface area contributed by atoms with Crippen LogP contribution in [0.1, 0.15) is 53.2 Å². The molecule has 1 N–H and O–H groups in total. The first-order valence-electron chi connectivity index (χ1n) is 12.7. The van der Waals surface area contributed by atoms with Crippen molar-refractivity contribution in [3.63, 3.8) is 0 Å². The van der Waals surface area contributed by atoms with E-state index in [1.54, 1.807) is 6.26 Å². The predicted octanol–water partition coefficient (Wildman–Crippen LogP) is 5.12. The minimum absolute atomic E-state index is 0.0811. The summed E-state index contributed by atoms with van der Waals surface area (Å²) in [5.74, 6) is 1.61. The molecule has 0 spiro atoms. The maximum absolute atomic E-state index is 13.2. The molecule has 8 nitrogen and oxygen atoms in total. The molecule has 0 bridgehead atoms. The van der Waals surface area contributed by atoms with Crippen molar-refractivity contribution in [3.05, 3.63) is 111 Å². The lowest BCUT2D eigenvalue weighted by atomic mass is 10.0. The van der Waals surface area contributed by atoms with E-state index >= 15 is 0 Å². The number of fused-ring (bicyclic) bond motifs is 1. The van der Waals surface area contributed by atoms with Gasteiger partial charge in [-0.3, -0.25) is 9.69 Å². The number of furan rings is 1. The first-order chi connectivity index (χ1) is 18.0. The monoisotopic (exact) mass is 496 g/mol. The quantitative estimate of drug-likeness (QED) is 0.288. The Balaban J connectivity index is 1.47. The van der Waals surface area contributed by atoms with Crippen LogP contribution in [-0.2, 0) is 26.1 Å². The molecule has 2 aromatic carbocycles. The molecule has 0 aliphatic rings. The van der Waals surface area contributed by atoms with Crippen LogP contribution in [0.2, 0.25) is 0 Å². The van der Waals surface area contributed by atoms with Crippen LogP contribution in [0.25, 0.3) is 10.9 Å². The molecule has 0 saturated heterocycles. The number of pyridine rings is 1. The summed E-state index contributed by atoms with van der Waals surface area (Å²) in [7, 11) is 0. The molecule has 0 fully saturated rings. The number of aryl methyl sites for hydroxylation is 4. The zero-order valence-electron chi connectivity index (χ0n) is 21.5. The van der Waals surface area contributed by atoms with Crippen molar-refractivity contribution in [1.29, 1.82) is 0 Å². The number of tetrazole rings is 1. The summed E-state index contributed by atoms with van der Waals surface area (Å²) >= 11 is 0. The molecule has 0 saturated carbocycles. The molecule has 0 aliphatic carbocycles. The normalized spacial score (nSPS) is 12.4. The van der Waals surface area contributed by atoms with Crippen molar-refractivity contribution in [3.8, 4) is 0 Å². The number of aromatic nitrogens is 5. The van der Waals surface area contributed by atoms with E-state index in [9.17, 15) is 4.79 Å². The van der Waals surface area contributed by atoms with E-state index < -0.39 is 0 Å². The Bertz CT molecular complexity index is 1520. The molecule has 3 heterocycles. The van der Waals surface area contributed by atoms with Crippen LogP contribution >= 0.6 is 0 Å². The Hall–Kier alpha value is -4.04. The molecular weight excluding hydrogens is 464 g/mol. The lowest BCUT2D eigenvalue weighted by Gasteiger charge is -2.29. The number of aromatic amines is 1. The zero-order valence-corrected chi connectivity index (χ0v) is 21.5. The first kappa shape index (κ1) is 24.6. The zero-order chi connectivity index (χ0) is 25.8. The fourth-order valence-electron chi connectivity index (χ4n) is 5.04. The average molecular weight is 497 g/mol. The second-order valence-corrected chi connectivity index (χ2v) is 9.57. The molecular formula is C29H32N6O2. The molecule has 5 aromatic rings. The van der Waals surface area contributed by atoms with Crippen molar-refractivity contribution in [1.82, 2.24) is 30.1 Å². The van der Waals surface area contributed by atoms with Gasteiger partial charge in [0.05, 0.1) is 24.4 Å². The Labute approximate surface area is 215 Å². The van der Waals surface area contributed by atoms with Gasteiger partial charge in [-0.2, -0.15) is 0 Å². The summed E-state index contributed by atoms with van der Waals surface area (Å²) in [4.78, 5) is 18.5. The summed E-state index contributed by atoms with van der Waals surface area (Å²) in [6, 6.07) is 20.3. The van der Waals surface area contributed by atoms with E-state index in [1.807, 2.05) is 48.0 Å². The van der Waals surface area contributed by atoms with Crippen LogP contribution in [0.4, 0.5) is 0 Å². The van der Waals surface area contributed by atoms with E-state index in [4.69, 9.17) is 4.42 Å². The standard InChI is InChI=1S/C29H32N6O2/c1-4-26(28-31-32-33-35(28)13-12-22-9-6-5-7-10-22)34(19-25-11-8-14-37-25)18-24-17-23-16-20(2)15-21(3)27(23)30-29(24)36/h5-11,14-17,26H,4,12-13,18-19H2,1-3H3,(H,30,36)/t26-/m0/s1. The topological polar surface area (TPSA) is 92.8 Å². The second kappa shape index (κ2) is 10.9. The lowest BCUT2D eigenvalue weighted by Crippen LogP contribution is -2.32. The van der Waals surface area contributed by atoms with Gasteiger partial charge in [-0.15, -0.1) is 5.10 Å². The average Bonchev–Trinajstić information content (AvgIpc) is 3.57. The molecule has 0 unspecified atom stereocenters. The first-order valence-corrected chi connectivity index (χ1v) is 12.7. The van der Waals surface area contributed by atoms with Crippen LogP contribution < -0.4 is 5.56 Å². The van der Waals surface area contributed by atoms with Crippen LogP contribution in [0, 0.1) is 13.8 Å². The maximum atomic E-state index is 13.2. The van der Waals surface area contributed by atoms with Crippen LogP contribution in [0.3, 0.4) is 0 Å². The molecule has 3 aromatic heterocycles. The number of nitrogens with one attached hydrogen (secondary N) is 1. The van der Waals surface area contributed by atoms with E-state index in [1.165, 1.54) is 11.1 Å². The molecule has 8 heteroatoms. The molecule has 0 amide bonds. The van der Waals surface area contributed by atoms with Crippen LogP contribution in [-0.4, -0.2) is 30.1 Å².